The highest BCUT2D eigenvalue weighted by Gasteiger charge is 1.93. The van der Waals surface area contributed by atoms with Crippen LogP contribution in [-0.4, -0.2) is 19.0 Å². The first-order valence-electron chi connectivity index (χ1n) is 6.69. The van der Waals surface area contributed by atoms with Gasteiger partial charge in [-0.05, 0) is 30.8 Å². The minimum atomic E-state index is 0.997. The molecule has 2 aromatic carbocycles. The van der Waals surface area contributed by atoms with Crippen molar-refractivity contribution in [3.05, 3.63) is 84.4 Å². The molecule has 0 fully saturated rings. The molecular formula is C19H23N. The van der Waals surface area contributed by atoms with Gasteiger partial charge in [-0.1, -0.05) is 79.9 Å². The number of hydrogen-bond donors (Lipinski definition) is 0. The maximum Gasteiger partial charge on any atom is 0.0227 e. The molecule has 0 aromatic heterocycles. The quantitative estimate of drug-likeness (QED) is 0.773. The molecular weight excluding hydrogens is 242 g/mol. The Morgan fingerprint density at radius 1 is 0.800 bits per heavy atom. The molecule has 0 radical (unpaired) electrons. The van der Waals surface area contributed by atoms with Crippen molar-refractivity contribution < 1.29 is 0 Å². The second kappa shape index (κ2) is 8.89. The topological polar surface area (TPSA) is 3.24 Å². The Morgan fingerprint density at radius 2 is 1.30 bits per heavy atom. The zero-order valence-electron chi connectivity index (χ0n) is 12.4. The van der Waals surface area contributed by atoms with Crippen molar-refractivity contribution in [1.82, 2.24) is 4.90 Å². The van der Waals surface area contributed by atoms with Crippen molar-refractivity contribution in [2.45, 2.75) is 6.54 Å². The van der Waals surface area contributed by atoms with Gasteiger partial charge < -0.3 is 4.90 Å². The zero-order valence-corrected chi connectivity index (χ0v) is 12.4. The van der Waals surface area contributed by atoms with Gasteiger partial charge in [-0.15, -0.1) is 0 Å². The smallest absolute Gasteiger partial charge is 0.0227 e. The number of nitrogens with zero attached hydrogens (tertiary/aromatic N) is 1. The molecule has 0 atom stereocenters. The lowest BCUT2D eigenvalue weighted by Gasteiger charge is -2.09. The molecule has 1 nitrogen and oxygen atoms in total. The van der Waals surface area contributed by atoms with E-state index in [9.17, 15) is 0 Å². The van der Waals surface area contributed by atoms with Gasteiger partial charge in [0.25, 0.3) is 0 Å². The molecule has 20 heavy (non-hydrogen) atoms. The summed E-state index contributed by atoms with van der Waals surface area (Å²) in [6.45, 7) is 8.34. The first-order valence-corrected chi connectivity index (χ1v) is 6.69. The molecule has 0 spiro atoms. The fourth-order valence-corrected chi connectivity index (χ4v) is 1.71. The van der Waals surface area contributed by atoms with Crippen LogP contribution in [0.5, 0.6) is 0 Å². The Hall–Kier alpha value is -2.12. The van der Waals surface area contributed by atoms with Crippen LogP contribution in [0.1, 0.15) is 16.7 Å². The summed E-state index contributed by atoms with van der Waals surface area (Å²) >= 11 is 0. The van der Waals surface area contributed by atoms with Crippen LogP contribution < -0.4 is 0 Å². The van der Waals surface area contributed by atoms with Gasteiger partial charge in [-0.25, -0.2) is 0 Å². The van der Waals surface area contributed by atoms with Crippen molar-refractivity contribution >= 4 is 12.2 Å². The van der Waals surface area contributed by atoms with E-state index in [-0.39, 0.29) is 0 Å². The Balaban J connectivity index is 0.000000217. The number of hydrogen-bond acceptors (Lipinski definition) is 1. The lowest BCUT2D eigenvalue weighted by atomic mass is 10.1. The van der Waals surface area contributed by atoms with E-state index in [1.165, 1.54) is 16.7 Å². The van der Waals surface area contributed by atoms with Gasteiger partial charge in [-0.2, -0.15) is 0 Å². The van der Waals surface area contributed by atoms with Gasteiger partial charge in [-0.3, -0.25) is 0 Å². The summed E-state index contributed by atoms with van der Waals surface area (Å²) in [6.07, 6.45) is 3.69. The van der Waals surface area contributed by atoms with Crippen LogP contribution in [0.3, 0.4) is 0 Å². The van der Waals surface area contributed by atoms with Crippen molar-refractivity contribution in [3.63, 3.8) is 0 Å². The van der Waals surface area contributed by atoms with Gasteiger partial charge in [0.15, 0.2) is 0 Å². The molecule has 0 saturated heterocycles. The zero-order chi connectivity index (χ0) is 14.8. The van der Waals surface area contributed by atoms with E-state index in [1.807, 2.05) is 42.5 Å². The molecule has 0 bridgehead atoms. The fourth-order valence-electron chi connectivity index (χ4n) is 1.71. The van der Waals surface area contributed by atoms with Gasteiger partial charge in [0.2, 0.25) is 0 Å². The summed E-state index contributed by atoms with van der Waals surface area (Å²) in [7, 11) is 4.14. The average molecular weight is 265 g/mol. The summed E-state index contributed by atoms with van der Waals surface area (Å²) in [5, 5.41) is 0. The van der Waals surface area contributed by atoms with Gasteiger partial charge in [0.1, 0.15) is 0 Å². The van der Waals surface area contributed by atoms with E-state index in [0.29, 0.717) is 0 Å². The fraction of sp³-hybridized carbons (Fsp3) is 0.158. The molecule has 2 rings (SSSR count). The third-order valence-corrected chi connectivity index (χ3v) is 2.75. The minimum Gasteiger partial charge on any atom is -0.305 e. The Morgan fingerprint density at radius 3 is 1.70 bits per heavy atom. The molecule has 0 aliphatic heterocycles. The van der Waals surface area contributed by atoms with Crippen molar-refractivity contribution in [1.29, 1.82) is 0 Å². The van der Waals surface area contributed by atoms with Crippen LogP contribution in [0, 0.1) is 0 Å². The van der Waals surface area contributed by atoms with Crippen LogP contribution in [0.25, 0.3) is 12.2 Å². The Labute approximate surface area is 122 Å². The molecule has 0 N–H and O–H groups in total. The second-order valence-corrected chi connectivity index (χ2v) is 4.80. The molecule has 0 heterocycles. The van der Waals surface area contributed by atoms with Gasteiger partial charge in [0.05, 0.1) is 0 Å². The normalized spacial score (nSPS) is 9.55. The maximum absolute atomic E-state index is 3.71. The molecule has 0 aliphatic rings. The third-order valence-electron chi connectivity index (χ3n) is 2.75. The Bertz CT molecular complexity index is 509. The summed E-state index contributed by atoms with van der Waals surface area (Å²) in [5.74, 6) is 0. The first kappa shape index (κ1) is 15.9. The summed E-state index contributed by atoms with van der Waals surface area (Å²) < 4.78 is 0. The monoisotopic (exact) mass is 265 g/mol. The number of benzene rings is 2. The summed E-state index contributed by atoms with van der Waals surface area (Å²) in [5.41, 5.74) is 3.69. The molecule has 0 aliphatic carbocycles. The highest BCUT2D eigenvalue weighted by Crippen LogP contribution is 2.06. The maximum atomic E-state index is 3.71. The van der Waals surface area contributed by atoms with Crippen LogP contribution in [-0.2, 0) is 6.54 Å². The molecule has 2 aromatic rings. The largest absolute Gasteiger partial charge is 0.305 e. The number of rotatable bonds is 4. The SMILES string of the molecule is C=Cc1ccc(CN(C)C)cc1.C=Cc1ccccc1. The van der Waals surface area contributed by atoms with Crippen molar-refractivity contribution in [2.24, 2.45) is 0 Å². The third kappa shape index (κ3) is 6.17. The van der Waals surface area contributed by atoms with Crippen LogP contribution >= 0.6 is 0 Å². The molecule has 0 amide bonds. The van der Waals surface area contributed by atoms with E-state index in [4.69, 9.17) is 0 Å². The van der Waals surface area contributed by atoms with Crippen molar-refractivity contribution in [3.8, 4) is 0 Å². The van der Waals surface area contributed by atoms with E-state index >= 15 is 0 Å². The van der Waals surface area contributed by atoms with Crippen LogP contribution in [0.15, 0.2) is 67.8 Å². The van der Waals surface area contributed by atoms with E-state index in [1.54, 1.807) is 0 Å². The Kier molecular flexibility index (Phi) is 7.08. The lowest BCUT2D eigenvalue weighted by molar-refractivity contribution is 0.402. The lowest BCUT2D eigenvalue weighted by Crippen LogP contribution is -2.10. The standard InChI is InChI=1S/C11H15N.C8H8/c1-4-10-5-7-11(8-6-10)9-12(2)3;1-2-8-6-4-3-5-7-8/h4-8H,1,9H2,2-3H3;2-7H,1H2. The second-order valence-electron chi connectivity index (χ2n) is 4.80. The predicted molar refractivity (Wildman–Crippen MR) is 90.5 cm³/mol. The molecule has 0 unspecified atom stereocenters. The first-order chi connectivity index (χ1) is 9.65. The predicted octanol–water partition coefficient (Wildman–Crippen LogP) is 4.72. The van der Waals surface area contributed by atoms with Crippen molar-refractivity contribution in [2.75, 3.05) is 14.1 Å². The average Bonchev–Trinajstić information content (AvgIpc) is 2.49. The van der Waals surface area contributed by atoms with Gasteiger partial charge >= 0.3 is 0 Å². The van der Waals surface area contributed by atoms with Crippen LogP contribution in [0.2, 0.25) is 0 Å². The van der Waals surface area contributed by atoms with E-state index in [0.717, 1.165) is 6.54 Å². The van der Waals surface area contributed by atoms with Gasteiger partial charge in [0, 0.05) is 6.54 Å². The molecule has 104 valence electrons. The van der Waals surface area contributed by atoms with E-state index in [2.05, 4.69) is 56.4 Å². The molecule has 0 saturated carbocycles. The summed E-state index contributed by atoms with van der Waals surface area (Å²) in [6, 6.07) is 18.5. The van der Waals surface area contributed by atoms with E-state index < -0.39 is 0 Å². The minimum absolute atomic E-state index is 0.997. The highest BCUT2D eigenvalue weighted by molar-refractivity contribution is 5.47. The summed E-state index contributed by atoms with van der Waals surface area (Å²) in [4.78, 5) is 2.16. The van der Waals surface area contributed by atoms with Crippen LogP contribution in [0.4, 0.5) is 0 Å². The highest BCUT2D eigenvalue weighted by atomic mass is 15.0. The molecule has 1 heteroatoms.